The molecule has 0 bridgehead atoms. The van der Waals surface area contributed by atoms with Crippen molar-refractivity contribution in [2.24, 2.45) is 5.92 Å². The monoisotopic (exact) mass is 258 g/mol. The molecule has 2 rings (SSSR count). The first-order chi connectivity index (χ1) is 9.28. The molecule has 1 fully saturated rings. The van der Waals surface area contributed by atoms with Crippen molar-refractivity contribution in [1.29, 1.82) is 5.26 Å². The van der Waals surface area contributed by atoms with Crippen LogP contribution in [0.1, 0.15) is 44.2 Å². The molecular weight excluding hydrogens is 236 g/mol. The highest BCUT2D eigenvalue weighted by atomic mass is 16.5. The first-order valence-corrected chi connectivity index (χ1v) is 7.05. The number of rotatable bonds is 7. The first kappa shape index (κ1) is 13.9. The SMILES string of the molecule is CCC(CC#N)NC(c1ccc(OC)cc1)C1CC1. The van der Waals surface area contributed by atoms with E-state index in [4.69, 9.17) is 10.00 Å². The Morgan fingerprint density at radius 1 is 1.37 bits per heavy atom. The smallest absolute Gasteiger partial charge is 0.118 e. The molecule has 2 atom stereocenters. The highest BCUT2D eigenvalue weighted by Gasteiger charge is 2.33. The molecule has 1 N–H and O–H groups in total. The van der Waals surface area contributed by atoms with Crippen LogP contribution in [0, 0.1) is 17.2 Å². The van der Waals surface area contributed by atoms with Crippen LogP contribution in [0.25, 0.3) is 0 Å². The molecular formula is C16H22N2O. The maximum atomic E-state index is 8.87. The van der Waals surface area contributed by atoms with Gasteiger partial charge in [0.25, 0.3) is 0 Å². The number of hydrogen-bond donors (Lipinski definition) is 1. The molecule has 3 heteroatoms. The fraction of sp³-hybridized carbons (Fsp3) is 0.562. The summed E-state index contributed by atoms with van der Waals surface area (Å²) in [6, 6.07) is 11.2. The van der Waals surface area contributed by atoms with Gasteiger partial charge in [-0.3, -0.25) is 0 Å². The van der Waals surface area contributed by atoms with Crippen LogP contribution in [0.15, 0.2) is 24.3 Å². The van der Waals surface area contributed by atoms with Crippen molar-refractivity contribution in [2.45, 2.75) is 44.7 Å². The molecule has 19 heavy (non-hydrogen) atoms. The molecule has 102 valence electrons. The van der Waals surface area contributed by atoms with E-state index in [1.807, 2.05) is 12.1 Å². The second kappa shape index (κ2) is 6.58. The third-order valence-electron chi connectivity index (χ3n) is 3.81. The number of methoxy groups -OCH3 is 1. The first-order valence-electron chi connectivity index (χ1n) is 7.05. The van der Waals surface area contributed by atoms with Crippen LogP contribution >= 0.6 is 0 Å². The molecule has 1 aliphatic carbocycles. The van der Waals surface area contributed by atoms with Crippen LogP contribution in [0.3, 0.4) is 0 Å². The lowest BCUT2D eigenvalue weighted by Gasteiger charge is -2.24. The highest BCUT2D eigenvalue weighted by molar-refractivity contribution is 5.30. The molecule has 0 amide bonds. The molecule has 0 radical (unpaired) electrons. The van der Waals surface area contributed by atoms with Crippen LogP contribution in [0.5, 0.6) is 5.75 Å². The zero-order valence-corrected chi connectivity index (χ0v) is 11.7. The fourth-order valence-electron chi connectivity index (χ4n) is 2.43. The van der Waals surface area contributed by atoms with E-state index in [-0.39, 0.29) is 6.04 Å². The van der Waals surface area contributed by atoms with Gasteiger partial charge in [-0.05, 0) is 42.9 Å². The van der Waals surface area contributed by atoms with E-state index in [0.717, 1.165) is 18.1 Å². The Hall–Kier alpha value is -1.53. The molecule has 1 aliphatic rings. The lowest BCUT2D eigenvalue weighted by molar-refractivity contribution is 0.394. The summed E-state index contributed by atoms with van der Waals surface area (Å²) < 4.78 is 5.20. The Morgan fingerprint density at radius 2 is 2.05 bits per heavy atom. The van der Waals surface area contributed by atoms with E-state index < -0.39 is 0 Å². The van der Waals surface area contributed by atoms with Crippen LogP contribution in [0.2, 0.25) is 0 Å². The van der Waals surface area contributed by atoms with Crippen LogP contribution in [-0.2, 0) is 0 Å². The van der Waals surface area contributed by atoms with E-state index in [9.17, 15) is 0 Å². The average Bonchev–Trinajstić information content (AvgIpc) is 3.28. The van der Waals surface area contributed by atoms with Crippen molar-refractivity contribution < 1.29 is 4.74 Å². The summed E-state index contributed by atoms with van der Waals surface area (Å²) in [5.41, 5.74) is 1.31. The molecule has 3 nitrogen and oxygen atoms in total. The summed E-state index contributed by atoms with van der Waals surface area (Å²) in [4.78, 5) is 0. The van der Waals surface area contributed by atoms with Crippen molar-refractivity contribution in [3.8, 4) is 11.8 Å². The van der Waals surface area contributed by atoms with Crippen LogP contribution < -0.4 is 10.1 Å². The van der Waals surface area contributed by atoms with Gasteiger partial charge in [0, 0.05) is 12.1 Å². The quantitative estimate of drug-likeness (QED) is 0.815. The van der Waals surface area contributed by atoms with Crippen molar-refractivity contribution in [3.05, 3.63) is 29.8 Å². The van der Waals surface area contributed by atoms with Gasteiger partial charge in [-0.1, -0.05) is 19.1 Å². The summed E-state index contributed by atoms with van der Waals surface area (Å²) in [7, 11) is 1.69. The summed E-state index contributed by atoms with van der Waals surface area (Å²) >= 11 is 0. The largest absolute Gasteiger partial charge is 0.497 e. The normalized spacial score (nSPS) is 17.5. The van der Waals surface area contributed by atoms with Crippen LogP contribution in [0.4, 0.5) is 0 Å². The predicted molar refractivity (Wildman–Crippen MR) is 75.9 cm³/mol. The van der Waals surface area contributed by atoms with Gasteiger partial charge in [0.1, 0.15) is 5.75 Å². The summed E-state index contributed by atoms with van der Waals surface area (Å²) in [6.45, 7) is 2.13. The number of hydrogen-bond acceptors (Lipinski definition) is 3. The number of nitriles is 1. The third-order valence-corrected chi connectivity index (χ3v) is 3.81. The zero-order chi connectivity index (χ0) is 13.7. The Kier molecular flexibility index (Phi) is 4.81. The molecule has 1 saturated carbocycles. The molecule has 0 spiro atoms. The minimum Gasteiger partial charge on any atom is -0.497 e. The van der Waals surface area contributed by atoms with Gasteiger partial charge in [0.05, 0.1) is 19.6 Å². The van der Waals surface area contributed by atoms with E-state index in [0.29, 0.717) is 12.5 Å². The maximum absolute atomic E-state index is 8.87. The van der Waals surface area contributed by atoms with E-state index in [1.165, 1.54) is 18.4 Å². The van der Waals surface area contributed by atoms with Gasteiger partial charge in [-0.2, -0.15) is 5.26 Å². The summed E-state index contributed by atoms with van der Waals surface area (Å²) in [5, 5.41) is 12.5. The highest BCUT2D eigenvalue weighted by Crippen LogP contribution is 2.41. The van der Waals surface area contributed by atoms with Crippen molar-refractivity contribution in [3.63, 3.8) is 0 Å². The van der Waals surface area contributed by atoms with E-state index in [1.54, 1.807) is 7.11 Å². The van der Waals surface area contributed by atoms with Gasteiger partial charge >= 0.3 is 0 Å². The Labute approximate surface area is 115 Å². The molecule has 1 aromatic rings. The molecule has 0 saturated heterocycles. The molecule has 0 aliphatic heterocycles. The van der Waals surface area contributed by atoms with Crippen LogP contribution in [-0.4, -0.2) is 13.2 Å². The number of nitrogens with one attached hydrogen (secondary N) is 1. The fourth-order valence-corrected chi connectivity index (χ4v) is 2.43. The predicted octanol–water partition coefficient (Wildman–Crippen LogP) is 3.43. The second-order valence-electron chi connectivity index (χ2n) is 5.22. The minimum atomic E-state index is 0.290. The second-order valence-corrected chi connectivity index (χ2v) is 5.22. The topological polar surface area (TPSA) is 45.0 Å². The molecule has 2 unspecified atom stereocenters. The lowest BCUT2D eigenvalue weighted by atomic mass is 10.00. The standard InChI is InChI=1S/C16H22N2O/c1-3-14(10-11-17)18-16(12-4-5-12)13-6-8-15(19-2)9-7-13/h6-9,12,14,16,18H,3-5,10H2,1-2H3. The number of ether oxygens (including phenoxy) is 1. The maximum Gasteiger partial charge on any atom is 0.118 e. The Bertz CT molecular complexity index is 431. The number of benzene rings is 1. The van der Waals surface area contributed by atoms with Crippen molar-refractivity contribution >= 4 is 0 Å². The third kappa shape index (κ3) is 3.71. The summed E-state index contributed by atoms with van der Waals surface area (Å²) in [5.74, 6) is 1.61. The Morgan fingerprint density at radius 3 is 2.53 bits per heavy atom. The van der Waals surface area contributed by atoms with Crippen molar-refractivity contribution in [1.82, 2.24) is 5.32 Å². The Balaban J connectivity index is 2.08. The van der Waals surface area contributed by atoms with Crippen molar-refractivity contribution in [2.75, 3.05) is 7.11 Å². The molecule has 1 aromatic carbocycles. The van der Waals surface area contributed by atoms with Gasteiger partial charge in [0.15, 0.2) is 0 Å². The zero-order valence-electron chi connectivity index (χ0n) is 11.7. The van der Waals surface area contributed by atoms with E-state index >= 15 is 0 Å². The van der Waals surface area contributed by atoms with Gasteiger partial charge in [-0.15, -0.1) is 0 Å². The van der Waals surface area contributed by atoms with E-state index in [2.05, 4.69) is 30.4 Å². The van der Waals surface area contributed by atoms with Gasteiger partial charge in [-0.25, -0.2) is 0 Å². The summed E-state index contributed by atoms with van der Waals surface area (Å²) in [6.07, 6.45) is 4.14. The molecule has 0 aromatic heterocycles. The molecule has 0 heterocycles. The minimum absolute atomic E-state index is 0.290. The van der Waals surface area contributed by atoms with Gasteiger partial charge < -0.3 is 10.1 Å². The lowest BCUT2D eigenvalue weighted by Crippen LogP contribution is -2.33. The average molecular weight is 258 g/mol. The van der Waals surface area contributed by atoms with Gasteiger partial charge in [0.2, 0.25) is 0 Å². The number of nitrogens with zero attached hydrogens (tertiary/aromatic N) is 1.